The molecule has 2 aromatic heterocycles. The molecule has 1 aliphatic heterocycles. The maximum atomic E-state index is 13.9. The van der Waals surface area contributed by atoms with Gasteiger partial charge in [-0.25, -0.2) is 4.98 Å². The highest BCUT2D eigenvalue weighted by Crippen LogP contribution is 2.40. The number of nitrogens with zero attached hydrogens (tertiary/aromatic N) is 5. The Balaban J connectivity index is 1.59. The van der Waals surface area contributed by atoms with E-state index in [0.29, 0.717) is 28.6 Å². The standard InChI is InChI=1S/C23H23ClN6O2/c1-14-17(24)6-7-18-20(14)28-22(27-18)23(2)9-4-12-29(23)21(31)16-13-15(32-3)5-8-19(16)30-25-10-11-26-30/h5-8,10-11,13H,4,9,12H2,1-3H3,(H,27,28)/t23-/m0/s1. The first-order valence-electron chi connectivity index (χ1n) is 10.4. The lowest BCUT2D eigenvalue weighted by Gasteiger charge is -2.34. The SMILES string of the molecule is COc1ccc(-n2nccn2)c(C(=O)N2CCC[C@@]2(C)c2nc3c(C)c(Cl)ccc3[nH]2)c1. The van der Waals surface area contributed by atoms with Crippen LogP contribution in [0, 0.1) is 6.92 Å². The number of halogens is 1. The predicted molar refractivity (Wildman–Crippen MR) is 121 cm³/mol. The van der Waals surface area contributed by atoms with Gasteiger partial charge in [-0.1, -0.05) is 11.6 Å². The van der Waals surface area contributed by atoms with Crippen molar-refractivity contribution in [3.05, 3.63) is 64.7 Å². The summed E-state index contributed by atoms with van der Waals surface area (Å²) in [5.41, 5.74) is 3.14. The first-order valence-corrected chi connectivity index (χ1v) is 10.8. The van der Waals surface area contributed by atoms with E-state index in [-0.39, 0.29) is 5.91 Å². The summed E-state index contributed by atoms with van der Waals surface area (Å²) >= 11 is 6.30. The summed E-state index contributed by atoms with van der Waals surface area (Å²) in [6.45, 7) is 4.63. The van der Waals surface area contributed by atoms with Crippen LogP contribution in [-0.4, -0.2) is 49.4 Å². The van der Waals surface area contributed by atoms with Crippen molar-refractivity contribution in [1.29, 1.82) is 0 Å². The molecular weight excluding hydrogens is 428 g/mol. The van der Waals surface area contributed by atoms with Crippen LogP contribution in [0.3, 0.4) is 0 Å². The number of rotatable bonds is 4. The minimum atomic E-state index is -0.590. The molecule has 0 radical (unpaired) electrons. The van der Waals surface area contributed by atoms with Gasteiger partial charge in [-0.3, -0.25) is 4.79 Å². The molecule has 1 saturated heterocycles. The molecule has 0 bridgehead atoms. The quantitative estimate of drug-likeness (QED) is 0.501. The lowest BCUT2D eigenvalue weighted by atomic mass is 9.97. The zero-order valence-electron chi connectivity index (χ0n) is 18.1. The van der Waals surface area contributed by atoms with Crippen LogP contribution in [0.1, 0.15) is 41.5 Å². The molecule has 0 unspecified atom stereocenters. The van der Waals surface area contributed by atoms with Crippen molar-refractivity contribution in [2.45, 2.75) is 32.2 Å². The summed E-state index contributed by atoms with van der Waals surface area (Å²) in [6.07, 6.45) is 4.84. The average molecular weight is 451 g/mol. The smallest absolute Gasteiger partial charge is 0.257 e. The number of amides is 1. The molecule has 0 spiro atoms. The number of hydrogen-bond acceptors (Lipinski definition) is 5. The fraction of sp³-hybridized carbons (Fsp3) is 0.304. The van der Waals surface area contributed by atoms with Crippen molar-refractivity contribution in [3.8, 4) is 11.4 Å². The lowest BCUT2D eigenvalue weighted by molar-refractivity contribution is 0.0605. The molecule has 4 aromatic rings. The minimum Gasteiger partial charge on any atom is -0.497 e. The topological polar surface area (TPSA) is 88.9 Å². The Labute approximate surface area is 190 Å². The van der Waals surface area contributed by atoms with E-state index in [4.69, 9.17) is 21.3 Å². The minimum absolute atomic E-state index is 0.119. The summed E-state index contributed by atoms with van der Waals surface area (Å²) in [4.78, 5) is 25.5. The Bertz CT molecular complexity index is 1320. The van der Waals surface area contributed by atoms with Crippen LogP contribution in [0.4, 0.5) is 0 Å². The van der Waals surface area contributed by atoms with Crippen molar-refractivity contribution >= 4 is 28.5 Å². The van der Waals surface area contributed by atoms with E-state index in [0.717, 1.165) is 35.3 Å². The third kappa shape index (κ3) is 3.14. The normalized spacial score (nSPS) is 18.4. The third-order valence-corrected chi connectivity index (χ3v) is 6.72. The average Bonchev–Trinajstić information content (AvgIpc) is 3.55. The molecule has 9 heteroatoms. The van der Waals surface area contributed by atoms with Gasteiger partial charge in [0.2, 0.25) is 0 Å². The van der Waals surface area contributed by atoms with E-state index in [9.17, 15) is 4.79 Å². The first-order chi connectivity index (χ1) is 15.4. The summed E-state index contributed by atoms with van der Waals surface area (Å²) in [6, 6.07) is 9.12. The third-order valence-electron chi connectivity index (χ3n) is 6.31. The number of aromatic nitrogens is 5. The highest BCUT2D eigenvalue weighted by atomic mass is 35.5. The zero-order valence-corrected chi connectivity index (χ0v) is 18.8. The second kappa shape index (κ2) is 7.63. The molecule has 5 rings (SSSR count). The van der Waals surface area contributed by atoms with Gasteiger partial charge in [0.25, 0.3) is 5.91 Å². The van der Waals surface area contributed by atoms with E-state index in [1.807, 2.05) is 24.0 Å². The molecule has 3 heterocycles. The van der Waals surface area contributed by atoms with Crippen LogP contribution in [0.5, 0.6) is 5.75 Å². The monoisotopic (exact) mass is 450 g/mol. The highest BCUT2D eigenvalue weighted by Gasteiger charge is 2.44. The second-order valence-corrected chi connectivity index (χ2v) is 8.60. The maximum Gasteiger partial charge on any atom is 0.257 e. The Kier molecular flexibility index (Phi) is 4.89. The number of nitrogens with one attached hydrogen (secondary N) is 1. The van der Waals surface area contributed by atoms with E-state index in [1.165, 1.54) is 4.80 Å². The molecule has 8 nitrogen and oxygen atoms in total. The van der Waals surface area contributed by atoms with Crippen LogP contribution >= 0.6 is 11.6 Å². The molecule has 164 valence electrons. The van der Waals surface area contributed by atoms with Crippen LogP contribution in [0.2, 0.25) is 5.02 Å². The number of likely N-dealkylation sites (tertiary alicyclic amines) is 1. The zero-order chi connectivity index (χ0) is 22.5. The molecule has 1 atom stereocenters. The van der Waals surface area contributed by atoms with Gasteiger partial charge < -0.3 is 14.6 Å². The summed E-state index contributed by atoms with van der Waals surface area (Å²) in [7, 11) is 1.58. The number of hydrogen-bond donors (Lipinski definition) is 1. The molecule has 32 heavy (non-hydrogen) atoms. The van der Waals surface area contributed by atoms with Gasteiger partial charge in [-0.05, 0) is 62.6 Å². The fourth-order valence-electron chi connectivity index (χ4n) is 4.45. The Morgan fingerprint density at radius 2 is 2.00 bits per heavy atom. The van der Waals surface area contributed by atoms with Crippen LogP contribution in [-0.2, 0) is 5.54 Å². The summed E-state index contributed by atoms with van der Waals surface area (Å²) in [5.74, 6) is 1.23. The Morgan fingerprint density at radius 3 is 2.75 bits per heavy atom. The Hall–Kier alpha value is -3.39. The van der Waals surface area contributed by atoms with E-state index >= 15 is 0 Å². The molecule has 0 saturated carbocycles. The van der Waals surface area contributed by atoms with Crippen molar-refractivity contribution in [2.24, 2.45) is 0 Å². The number of H-pyrrole nitrogens is 1. The first kappa shape index (κ1) is 20.5. The van der Waals surface area contributed by atoms with Crippen molar-refractivity contribution in [2.75, 3.05) is 13.7 Å². The van der Waals surface area contributed by atoms with Gasteiger partial charge in [0.1, 0.15) is 11.6 Å². The van der Waals surface area contributed by atoms with Gasteiger partial charge >= 0.3 is 0 Å². The number of aryl methyl sites for hydroxylation is 1. The number of aromatic amines is 1. The number of carbonyl (C=O) groups is 1. The van der Waals surface area contributed by atoms with Gasteiger partial charge in [0.05, 0.1) is 47.3 Å². The largest absolute Gasteiger partial charge is 0.497 e. The lowest BCUT2D eigenvalue weighted by Crippen LogP contribution is -2.44. The number of fused-ring (bicyclic) bond motifs is 1. The molecular formula is C23H23ClN6O2. The fourth-order valence-corrected chi connectivity index (χ4v) is 4.60. The molecule has 1 amide bonds. The van der Waals surface area contributed by atoms with Crippen molar-refractivity contribution in [1.82, 2.24) is 29.9 Å². The van der Waals surface area contributed by atoms with Crippen molar-refractivity contribution in [3.63, 3.8) is 0 Å². The molecule has 0 aliphatic carbocycles. The van der Waals surface area contributed by atoms with Crippen LogP contribution in [0.25, 0.3) is 16.7 Å². The van der Waals surface area contributed by atoms with Crippen LogP contribution in [0.15, 0.2) is 42.7 Å². The summed E-state index contributed by atoms with van der Waals surface area (Å²) in [5, 5.41) is 9.11. The van der Waals surface area contributed by atoms with Gasteiger partial charge in [-0.2, -0.15) is 15.0 Å². The van der Waals surface area contributed by atoms with Crippen LogP contribution < -0.4 is 4.74 Å². The number of methoxy groups -OCH3 is 1. The second-order valence-electron chi connectivity index (χ2n) is 8.19. The number of carbonyl (C=O) groups excluding carboxylic acids is 1. The van der Waals surface area contributed by atoms with Gasteiger partial charge in [-0.15, -0.1) is 0 Å². The van der Waals surface area contributed by atoms with E-state index in [2.05, 4.69) is 22.1 Å². The van der Waals surface area contributed by atoms with Crippen molar-refractivity contribution < 1.29 is 9.53 Å². The van der Waals surface area contributed by atoms with Gasteiger partial charge in [0.15, 0.2) is 0 Å². The number of ether oxygens (including phenoxy) is 1. The number of imidazole rings is 1. The highest BCUT2D eigenvalue weighted by molar-refractivity contribution is 6.32. The molecule has 2 aromatic carbocycles. The Morgan fingerprint density at radius 1 is 1.22 bits per heavy atom. The molecule has 1 fully saturated rings. The molecule has 1 aliphatic rings. The van der Waals surface area contributed by atoms with E-state index in [1.54, 1.807) is 37.7 Å². The van der Waals surface area contributed by atoms with E-state index < -0.39 is 5.54 Å². The molecule has 1 N–H and O–H groups in total. The summed E-state index contributed by atoms with van der Waals surface area (Å²) < 4.78 is 5.39. The maximum absolute atomic E-state index is 13.9. The predicted octanol–water partition coefficient (Wildman–Crippen LogP) is 4.27. The number of benzene rings is 2. The van der Waals surface area contributed by atoms with Gasteiger partial charge in [0, 0.05) is 11.6 Å².